The summed E-state index contributed by atoms with van der Waals surface area (Å²) in [7, 11) is 0. The summed E-state index contributed by atoms with van der Waals surface area (Å²) in [6.45, 7) is 0.610. The van der Waals surface area contributed by atoms with Gasteiger partial charge in [-0.05, 0) is 34.9 Å². The molecule has 1 amide bonds. The van der Waals surface area contributed by atoms with Crippen molar-refractivity contribution >= 4 is 11.7 Å². The minimum absolute atomic E-state index is 0.0634. The summed E-state index contributed by atoms with van der Waals surface area (Å²) in [5.74, 6) is -0.813. The molecule has 1 aliphatic rings. The third kappa shape index (κ3) is 3.89. The van der Waals surface area contributed by atoms with Crippen LogP contribution in [0, 0.1) is 0 Å². The number of halogens is 2. The van der Waals surface area contributed by atoms with Crippen molar-refractivity contribution in [3.8, 4) is 11.5 Å². The molecule has 0 aliphatic carbocycles. The number of hydrogen-bond donors (Lipinski definition) is 2. The van der Waals surface area contributed by atoms with E-state index in [1.54, 1.807) is 12.3 Å². The van der Waals surface area contributed by atoms with E-state index in [0.717, 1.165) is 28.8 Å². The molecule has 0 saturated carbocycles. The van der Waals surface area contributed by atoms with E-state index in [1.807, 2.05) is 30.3 Å². The average Bonchev–Trinajstić information content (AvgIpc) is 3.15. The number of anilines is 1. The van der Waals surface area contributed by atoms with Gasteiger partial charge in [0.25, 0.3) is 12.3 Å². The van der Waals surface area contributed by atoms with Gasteiger partial charge in [0.05, 0.1) is 0 Å². The minimum Gasteiger partial charge on any atom is -0.507 e. The van der Waals surface area contributed by atoms with E-state index in [2.05, 4.69) is 4.98 Å². The van der Waals surface area contributed by atoms with E-state index in [0.29, 0.717) is 5.82 Å². The number of carbonyl (C=O) groups is 1. The lowest BCUT2D eigenvalue weighted by Crippen LogP contribution is -2.26. The molecule has 3 aromatic rings. The summed E-state index contributed by atoms with van der Waals surface area (Å²) >= 11 is 0. The molecule has 2 aromatic carbocycles. The average molecular weight is 411 g/mol. The summed E-state index contributed by atoms with van der Waals surface area (Å²) < 4.78 is 32.2. The molecule has 1 aromatic heterocycles. The zero-order valence-electron chi connectivity index (χ0n) is 15.9. The normalized spacial score (nSPS) is 12.8. The van der Waals surface area contributed by atoms with Gasteiger partial charge >= 0.3 is 0 Å². The van der Waals surface area contributed by atoms with Crippen LogP contribution in [0.15, 0.2) is 54.7 Å². The third-order valence-electron chi connectivity index (χ3n) is 4.92. The lowest BCUT2D eigenvalue weighted by Gasteiger charge is -2.20. The fourth-order valence-corrected chi connectivity index (χ4v) is 3.41. The molecule has 8 heteroatoms. The molecule has 3 N–H and O–H groups in total. The number of nitrogens with zero attached hydrogens (tertiary/aromatic N) is 2. The zero-order chi connectivity index (χ0) is 21.3. The first-order chi connectivity index (χ1) is 14.4. The summed E-state index contributed by atoms with van der Waals surface area (Å²) in [6.07, 6.45) is -1.21. The van der Waals surface area contributed by atoms with Crippen LogP contribution in [0.5, 0.6) is 11.5 Å². The van der Waals surface area contributed by atoms with Crippen molar-refractivity contribution in [2.24, 2.45) is 0 Å². The predicted molar refractivity (Wildman–Crippen MR) is 106 cm³/mol. The van der Waals surface area contributed by atoms with Gasteiger partial charge in [0.15, 0.2) is 0 Å². The van der Waals surface area contributed by atoms with Crippen LogP contribution in [0.1, 0.15) is 39.0 Å². The van der Waals surface area contributed by atoms with Gasteiger partial charge in [0, 0.05) is 24.8 Å². The van der Waals surface area contributed by atoms with Crippen LogP contribution in [0.3, 0.4) is 0 Å². The van der Waals surface area contributed by atoms with E-state index < -0.39 is 23.6 Å². The number of phenols is 1. The number of pyridine rings is 1. The number of benzene rings is 2. The molecular weight excluding hydrogens is 392 g/mol. The molecule has 0 atom stereocenters. The highest BCUT2D eigenvalue weighted by atomic mass is 19.3. The maximum atomic E-state index is 13.3. The summed E-state index contributed by atoms with van der Waals surface area (Å²) in [5.41, 5.74) is 7.63. The number of aromatic nitrogens is 1. The molecule has 0 radical (unpaired) electrons. The van der Waals surface area contributed by atoms with E-state index in [1.165, 1.54) is 4.90 Å². The van der Waals surface area contributed by atoms with Crippen molar-refractivity contribution in [2.75, 3.05) is 5.73 Å². The maximum Gasteiger partial charge on any atom is 0.264 e. The summed E-state index contributed by atoms with van der Waals surface area (Å²) in [4.78, 5) is 18.7. The lowest BCUT2D eigenvalue weighted by atomic mass is 10.1. The molecule has 1 aliphatic heterocycles. The van der Waals surface area contributed by atoms with Gasteiger partial charge in [0.2, 0.25) is 0 Å². The maximum absolute atomic E-state index is 13.3. The van der Waals surface area contributed by atoms with Gasteiger partial charge < -0.3 is 20.5 Å². The number of ether oxygens (including phenoxy) is 1. The summed E-state index contributed by atoms with van der Waals surface area (Å²) in [6, 6.07) is 12.8. The highest BCUT2D eigenvalue weighted by Gasteiger charge is 2.30. The number of fused-ring (bicyclic) bond motifs is 1. The molecule has 0 bridgehead atoms. The van der Waals surface area contributed by atoms with Crippen LogP contribution < -0.4 is 10.5 Å². The van der Waals surface area contributed by atoms with Crippen molar-refractivity contribution in [1.29, 1.82) is 0 Å². The molecule has 154 valence electrons. The molecule has 2 heterocycles. The number of nitrogens with two attached hydrogens (primary N) is 1. The van der Waals surface area contributed by atoms with E-state index in [4.69, 9.17) is 10.5 Å². The Morgan fingerprint density at radius 2 is 1.90 bits per heavy atom. The molecule has 6 nitrogen and oxygen atoms in total. The van der Waals surface area contributed by atoms with Crippen molar-refractivity contribution in [3.05, 3.63) is 82.5 Å². The predicted octanol–water partition coefficient (Wildman–Crippen LogP) is 4.04. The highest BCUT2D eigenvalue weighted by molar-refractivity contribution is 6.00. The molecule has 30 heavy (non-hydrogen) atoms. The second-order valence-corrected chi connectivity index (χ2v) is 7.03. The van der Waals surface area contributed by atoms with Gasteiger partial charge in [-0.2, -0.15) is 0 Å². The zero-order valence-corrected chi connectivity index (χ0v) is 15.9. The second kappa shape index (κ2) is 7.98. The first-order valence-electron chi connectivity index (χ1n) is 9.26. The highest BCUT2D eigenvalue weighted by Crippen LogP contribution is 2.37. The van der Waals surface area contributed by atoms with Crippen molar-refractivity contribution in [2.45, 2.75) is 26.1 Å². The van der Waals surface area contributed by atoms with Gasteiger partial charge in [-0.3, -0.25) is 4.79 Å². The van der Waals surface area contributed by atoms with Crippen LogP contribution in [0.25, 0.3) is 0 Å². The van der Waals surface area contributed by atoms with Crippen LogP contribution in [-0.4, -0.2) is 20.9 Å². The Kier molecular flexibility index (Phi) is 5.22. The SMILES string of the molecule is Nc1cc2c(cn1)CN(C(=O)c1c(O)cc(C(F)F)cc1OCc1ccccc1)C2. The van der Waals surface area contributed by atoms with Crippen molar-refractivity contribution in [3.63, 3.8) is 0 Å². The van der Waals surface area contributed by atoms with Gasteiger partial charge in [-0.1, -0.05) is 30.3 Å². The lowest BCUT2D eigenvalue weighted by molar-refractivity contribution is 0.0742. The quantitative estimate of drug-likeness (QED) is 0.662. The van der Waals surface area contributed by atoms with Crippen LogP contribution in [-0.2, 0) is 19.7 Å². The van der Waals surface area contributed by atoms with Crippen molar-refractivity contribution in [1.82, 2.24) is 9.88 Å². The number of alkyl halides is 2. The molecule has 0 spiro atoms. The number of amides is 1. The fourth-order valence-electron chi connectivity index (χ4n) is 3.41. The Balaban J connectivity index is 1.65. The smallest absolute Gasteiger partial charge is 0.264 e. The number of phenolic OH excluding ortho intramolecular Hbond substituents is 1. The first kappa shape index (κ1) is 19.6. The van der Waals surface area contributed by atoms with Crippen LogP contribution >= 0.6 is 0 Å². The van der Waals surface area contributed by atoms with Crippen molar-refractivity contribution < 1.29 is 23.4 Å². The van der Waals surface area contributed by atoms with E-state index >= 15 is 0 Å². The second-order valence-electron chi connectivity index (χ2n) is 7.03. The first-order valence-corrected chi connectivity index (χ1v) is 9.26. The Morgan fingerprint density at radius 3 is 2.63 bits per heavy atom. The van der Waals surface area contributed by atoms with Gasteiger partial charge in [-0.25, -0.2) is 13.8 Å². The number of hydrogen-bond acceptors (Lipinski definition) is 5. The molecule has 0 unspecified atom stereocenters. The Bertz CT molecular complexity index is 1090. The monoisotopic (exact) mass is 411 g/mol. The molecular formula is C22H19F2N3O3. The molecule has 0 saturated heterocycles. The topological polar surface area (TPSA) is 88.7 Å². The molecule has 0 fully saturated rings. The number of nitrogen functional groups attached to an aromatic ring is 1. The Hall–Kier alpha value is -3.68. The largest absolute Gasteiger partial charge is 0.507 e. The number of carbonyl (C=O) groups excluding carboxylic acids is 1. The number of rotatable bonds is 5. The Labute approximate surface area is 171 Å². The summed E-state index contributed by atoms with van der Waals surface area (Å²) in [5, 5.41) is 10.4. The van der Waals surface area contributed by atoms with Crippen LogP contribution in [0.4, 0.5) is 14.6 Å². The fraction of sp³-hybridized carbons (Fsp3) is 0.182. The molecule has 4 rings (SSSR count). The minimum atomic E-state index is -2.82. The number of aromatic hydroxyl groups is 1. The standard InChI is InChI=1S/C22H19F2N3O3/c23-21(24)14-6-17(28)20(18(7-14)30-12-13-4-2-1-3-5-13)22(29)27-10-15-8-19(25)26-9-16(15)11-27/h1-9,21,28H,10-12H2,(H2,25,26). The Morgan fingerprint density at radius 1 is 1.17 bits per heavy atom. The van der Waals surface area contributed by atoms with E-state index in [9.17, 15) is 18.7 Å². The van der Waals surface area contributed by atoms with E-state index in [-0.39, 0.29) is 31.0 Å². The van der Waals surface area contributed by atoms with Gasteiger partial charge in [-0.15, -0.1) is 0 Å². The third-order valence-corrected chi connectivity index (χ3v) is 4.92. The van der Waals surface area contributed by atoms with Gasteiger partial charge in [0.1, 0.15) is 29.5 Å². The van der Waals surface area contributed by atoms with Crippen LogP contribution in [0.2, 0.25) is 0 Å².